The third-order valence-electron chi connectivity index (χ3n) is 4.69. The number of ether oxygens (including phenoxy) is 1. The van der Waals surface area contributed by atoms with Gasteiger partial charge in [0, 0.05) is 24.5 Å². The van der Waals surface area contributed by atoms with Gasteiger partial charge in [0.1, 0.15) is 10.8 Å². The van der Waals surface area contributed by atoms with Crippen molar-refractivity contribution < 1.29 is 9.53 Å². The maximum Gasteiger partial charge on any atom is 0.230 e. The first kappa shape index (κ1) is 20.0. The van der Waals surface area contributed by atoms with E-state index in [0.717, 1.165) is 33.1 Å². The van der Waals surface area contributed by atoms with E-state index >= 15 is 0 Å². The first-order valence-electron chi connectivity index (χ1n) is 9.56. The van der Waals surface area contributed by atoms with E-state index in [1.54, 1.807) is 17.8 Å². The van der Waals surface area contributed by atoms with Crippen LogP contribution in [0.5, 0.6) is 5.75 Å². The zero-order chi connectivity index (χ0) is 20.9. The zero-order valence-electron chi connectivity index (χ0n) is 16.8. The molecule has 2 heterocycles. The second kappa shape index (κ2) is 9.00. The number of aromatic nitrogens is 3. The molecular weight excluding hydrogens is 396 g/mol. The highest BCUT2D eigenvalue weighted by atomic mass is 32.2. The predicted octanol–water partition coefficient (Wildman–Crippen LogP) is 4.12. The van der Waals surface area contributed by atoms with Crippen molar-refractivity contribution in [2.24, 2.45) is 0 Å². The molecule has 0 unspecified atom stereocenters. The van der Waals surface area contributed by atoms with E-state index in [2.05, 4.69) is 46.6 Å². The Balaban J connectivity index is 1.40. The number of amides is 1. The largest absolute Gasteiger partial charge is 0.497 e. The van der Waals surface area contributed by atoms with Gasteiger partial charge in [-0.05, 0) is 30.7 Å². The van der Waals surface area contributed by atoms with Crippen molar-refractivity contribution in [3.63, 3.8) is 0 Å². The van der Waals surface area contributed by atoms with Gasteiger partial charge in [-0.25, -0.2) is 9.50 Å². The van der Waals surface area contributed by atoms with E-state index in [-0.39, 0.29) is 11.7 Å². The van der Waals surface area contributed by atoms with Gasteiger partial charge in [-0.3, -0.25) is 4.79 Å². The Kier molecular flexibility index (Phi) is 5.99. The highest BCUT2D eigenvalue weighted by Gasteiger charge is 2.11. The molecule has 0 atom stereocenters. The Bertz CT molecular complexity index is 1150. The van der Waals surface area contributed by atoms with Crippen LogP contribution in [0.25, 0.3) is 16.8 Å². The molecule has 0 aliphatic heterocycles. The summed E-state index contributed by atoms with van der Waals surface area (Å²) in [4.78, 5) is 16.7. The molecule has 1 N–H and O–H groups in total. The number of hydrogen-bond donors (Lipinski definition) is 1. The van der Waals surface area contributed by atoms with Crippen LogP contribution in [0.3, 0.4) is 0 Å². The average molecular weight is 419 g/mol. The Morgan fingerprint density at radius 1 is 1.13 bits per heavy atom. The molecule has 0 radical (unpaired) electrons. The minimum absolute atomic E-state index is 0.0436. The van der Waals surface area contributed by atoms with Crippen LogP contribution in [0.1, 0.15) is 11.1 Å². The lowest BCUT2D eigenvalue weighted by molar-refractivity contribution is -0.118. The van der Waals surface area contributed by atoms with Crippen molar-refractivity contribution in [1.82, 2.24) is 19.9 Å². The van der Waals surface area contributed by atoms with Gasteiger partial charge in [-0.15, -0.1) is 0 Å². The predicted molar refractivity (Wildman–Crippen MR) is 119 cm³/mol. The number of aryl methyl sites for hydroxylation is 1. The van der Waals surface area contributed by atoms with Gasteiger partial charge >= 0.3 is 0 Å². The van der Waals surface area contributed by atoms with Crippen LogP contribution in [0, 0.1) is 6.92 Å². The molecule has 0 bridgehead atoms. The topological polar surface area (TPSA) is 68.5 Å². The Morgan fingerprint density at radius 3 is 2.63 bits per heavy atom. The van der Waals surface area contributed by atoms with Crippen molar-refractivity contribution >= 4 is 23.2 Å². The summed E-state index contributed by atoms with van der Waals surface area (Å²) in [6.07, 6.45) is 3.53. The van der Waals surface area contributed by atoms with Crippen molar-refractivity contribution in [1.29, 1.82) is 0 Å². The van der Waals surface area contributed by atoms with Crippen molar-refractivity contribution in [3.05, 3.63) is 78.1 Å². The van der Waals surface area contributed by atoms with E-state index in [1.807, 2.05) is 36.5 Å². The monoisotopic (exact) mass is 418 g/mol. The van der Waals surface area contributed by atoms with Gasteiger partial charge in [0.05, 0.1) is 24.1 Å². The SMILES string of the molecule is COc1ccc(CNC(=O)CSc2nccn3nc(-c4ccc(C)cc4)cc23)cc1. The fourth-order valence-corrected chi connectivity index (χ4v) is 3.81. The minimum Gasteiger partial charge on any atom is -0.497 e. The number of benzene rings is 2. The molecule has 0 saturated heterocycles. The molecule has 4 aromatic rings. The number of nitrogens with one attached hydrogen (secondary N) is 1. The summed E-state index contributed by atoms with van der Waals surface area (Å²) < 4.78 is 6.95. The smallest absolute Gasteiger partial charge is 0.230 e. The molecule has 0 aliphatic carbocycles. The molecule has 0 aliphatic rings. The lowest BCUT2D eigenvalue weighted by atomic mass is 10.1. The number of rotatable bonds is 7. The van der Waals surface area contributed by atoms with Crippen LogP contribution in [0.4, 0.5) is 0 Å². The summed E-state index contributed by atoms with van der Waals surface area (Å²) in [5.41, 5.74) is 5.06. The van der Waals surface area contributed by atoms with Gasteiger partial charge in [-0.1, -0.05) is 53.7 Å². The number of thioether (sulfide) groups is 1. The zero-order valence-corrected chi connectivity index (χ0v) is 17.6. The number of hydrogen-bond acceptors (Lipinski definition) is 5. The fraction of sp³-hybridized carbons (Fsp3) is 0.174. The second-order valence-electron chi connectivity index (χ2n) is 6.87. The fourth-order valence-electron chi connectivity index (χ4n) is 3.00. The van der Waals surface area contributed by atoms with Gasteiger partial charge in [0.15, 0.2) is 0 Å². The first-order chi connectivity index (χ1) is 14.6. The van der Waals surface area contributed by atoms with Crippen molar-refractivity contribution in [2.45, 2.75) is 18.5 Å². The standard InChI is InChI=1S/C23H22N4O2S/c1-16-3-7-18(8-4-16)20-13-21-23(24-11-12-27(21)26-20)30-15-22(28)25-14-17-5-9-19(29-2)10-6-17/h3-13H,14-15H2,1-2H3,(H,25,28). The number of carbonyl (C=O) groups excluding carboxylic acids is 1. The number of carbonyl (C=O) groups is 1. The third kappa shape index (κ3) is 4.63. The van der Waals surface area contributed by atoms with Crippen molar-refractivity contribution in [3.8, 4) is 17.0 Å². The van der Waals surface area contributed by atoms with Gasteiger partial charge in [-0.2, -0.15) is 5.10 Å². The van der Waals surface area contributed by atoms with Crippen LogP contribution in [0.15, 0.2) is 72.0 Å². The molecule has 152 valence electrons. The molecule has 0 spiro atoms. The molecule has 1 amide bonds. The van der Waals surface area contributed by atoms with Crippen LogP contribution in [-0.4, -0.2) is 33.4 Å². The van der Waals surface area contributed by atoms with E-state index in [4.69, 9.17) is 4.74 Å². The van der Waals surface area contributed by atoms with E-state index in [1.165, 1.54) is 17.3 Å². The van der Waals surface area contributed by atoms with E-state index in [9.17, 15) is 4.79 Å². The molecule has 2 aromatic heterocycles. The maximum absolute atomic E-state index is 12.3. The highest BCUT2D eigenvalue weighted by molar-refractivity contribution is 8.00. The molecule has 0 saturated carbocycles. The Labute approximate surface area is 179 Å². The number of nitrogens with zero attached hydrogens (tertiary/aromatic N) is 3. The summed E-state index contributed by atoms with van der Waals surface area (Å²) in [5.74, 6) is 1.04. The summed E-state index contributed by atoms with van der Waals surface area (Å²) in [6, 6.07) is 17.9. The minimum atomic E-state index is -0.0436. The van der Waals surface area contributed by atoms with Crippen LogP contribution in [0.2, 0.25) is 0 Å². The summed E-state index contributed by atoms with van der Waals surface area (Å²) in [7, 11) is 1.63. The van der Waals surface area contributed by atoms with Gasteiger partial charge in [0.2, 0.25) is 5.91 Å². The van der Waals surface area contributed by atoms with Gasteiger partial charge in [0.25, 0.3) is 0 Å². The normalized spacial score (nSPS) is 10.9. The molecule has 0 fully saturated rings. The van der Waals surface area contributed by atoms with Crippen LogP contribution >= 0.6 is 11.8 Å². The summed E-state index contributed by atoms with van der Waals surface area (Å²) >= 11 is 1.41. The van der Waals surface area contributed by atoms with Crippen molar-refractivity contribution in [2.75, 3.05) is 12.9 Å². The summed E-state index contributed by atoms with van der Waals surface area (Å²) in [6.45, 7) is 2.54. The molecule has 6 nitrogen and oxygen atoms in total. The average Bonchev–Trinajstić information content (AvgIpc) is 3.22. The van der Waals surface area contributed by atoms with E-state index in [0.29, 0.717) is 6.54 Å². The maximum atomic E-state index is 12.3. The van der Waals surface area contributed by atoms with Gasteiger partial charge < -0.3 is 10.1 Å². The lowest BCUT2D eigenvalue weighted by Crippen LogP contribution is -2.24. The quantitative estimate of drug-likeness (QED) is 0.457. The Morgan fingerprint density at radius 2 is 1.90 bits per heavy atom. The molecule has 30 heavy (non-hydrogen) atoms. The molecule has 2 aromatic carbocycles. The van der Waals surface area contributed by atoms with Crippen LogP contribution < -0.4 is 10.1 Å². The molecular formula is C23H22N4O2S. The first-order valence-corrected chi connectivity index (χ1v) is 10.5. The Hall–Kier alpha value is -3.32. The molecule has 7 heteroatoms. The van der Waals surface area contributed by atoms with Crippen LogP contribution in [-0.2, 0) is 11.3 Å². The third-order valence-corrected chi connectivity index (χ3v) is 5.69. The molecule has 4 rings (SSSR count). The second-order valence-corrected chi connectivity index (χ2v) is 7.84. The lowest BCUT2D eigenvalue weighted by Gasteiger charge is -2.06. The highest BCUT2D eigenvalue weighted by Crippen LogP contribution is 2.26. The van der Waals surface area contributed by atoms with E-state index < -0.39 is 0 Å². The summed E-state index contributed by atoms with van der Waals surface area (Å²) in [5, 5.41) is 8.36. The number of methoxy groups -OCH3 is 1. The number of fused-ring (bicyclic) bond motifs is 1.